The third kappa shape index (κ3) is 3.92. The van der Waals surface area contributed by atoms with Gasteiger partial charge in [0.1, 0.15) is 22.0 Å². The number of benzene rings is 2. The van der Waals surface area contributed by atoms with E-state index < -0.39 is 28.1 Å². The number of sulfonamides is 1. The van der Waals surface area contributed by atoms with Crippen molar-refractivity contribution in [1.82, 2.24) is 4.68 Å². The number of carbonyl (C=O) groups is 1. The predicted octanol–water partition coefficient (Wildman–Crippen LogP) is 1.09. The summed E-state index contributed by atoms with van der Waals surface area (Å²) in [5.74, 6) is -0.810. The Labute approximate surface area is 193 Å². The minimum absolute atomic E-state index is 0.113. The maximum atomic E-state index is 13.4. The number of amidine groups is 1. The van der Waals surface area contributed by atoms with Crippen LogP contribution < -0.4 is 26.8 Å². The molecule has 2 aliphatic rings. The lowest BCUT2D eigenvalue weighted by atomic mass is 10.1. The van der Waals surface area contributed by atoms with E-state index in [9.17, 15) is 23.1 Å². The number of fused-ring (bicyclic) bond motifs is 2. The molecule has 1 fully saturated rings. The Morgan fingerprint density at radius 3 is 2.76 bits per heavy atom. The van der Waals surface area contributed by atoms with Gasteiger partial charge in [-0.1, -0.05) is 12.1 Å². The van der Waals surface area contributed by atoms with E-state index in [0.29, 0.717) is 23.4 Å². The van der Waals surface area contributed by atoms with Crippen molar-refractivity contribution in [3.63, 3.8) is 0 Å². The number of aromatic hydroxyl groups is 1. The number of primary amides is 1. The molecule has 1 aliphatic carbocycles. The van der Waals surface area contributed by atoms with Crippen LogP contribution in [-0.2, 0) is 14.8 Å². The number of para-hydroxylation sites is 1. The maximum absolute atomic E-state index is 13.4. The van der Waals surface area contributed by atoms with Gasteiger partial charge in [-0.3, -0.25) is 9.59 Å². The Kier molecular flexibility index (Phi) is 5.16. The highest BCUT2D eigenvalue weighted by atomic mass is 32.2. The van der Waals surface area contributed by atoms with E-state index in [0.717, 1.165) is 12.8 Å². The molecule has 3 aromatic rings. The first-order chi connectivity index (χ1) is 16.2. The summed E-state index contributed by atoms with van der Waals surface area (Å²) >= 11 is 0. The number of anilines is 1. The molecule has 0 radical (unpaired) electrons. The summed E-state index contributed by atoms with van der Waals surface area (Å²) in [6.45, 7) is 0.155. The summed E-state index contributed by atoms with van der Waals surface area (Å²) in [6.07, 6.45) is 2.14. The Morgan fingerprint density at radius 2 is 2.03 bits per heavy atom. The first kappa shape index (κ1) is 21.8. The SMILES string of the molecule is NC(=O)COc1ccc2c(c1)S(=O)(=O)N=C(c1c(O)c3ccccc3n(NCC3CC3)c1=O)N2. The predicted molar refractivity (Wildman–Crippen MR) is 125 cm³/mol. The Bertz CT molecular complexity index is 1520. The van der Waals surface area contributed by atoms with Crippen LogP contribution in [0.5, 0.6) is 11.5 Å². The Hall–Kier alpha value is -4.06. The normalized spacial score (nSPS) is 16.3. The van der Waals surface area contributed by atoms with Crippen LogP contribution in [0.25, 0.3) is 10.9 Å². The van der Waals surface area contributed by atoms with Crippen LogP contribution in [0.1, 0.15) is 18.4 Å². The fourth-order valence-electron chi connectivity index (χ4n) is 3.73. The van der Waals surface area contributed by atoms with Crippen LogP contribution in [0.2, 0.25) is 0 Å². The number of nitrogens with two attached hydrogens (primary N) is 1. The van der Waals surface area contributed by atoms with Gasteiger partial charge in [0.2, 0.25) is 0 Å². The van der Waals surface area contributed by atoms with Crippen LogP contribution in [-0.4, -0.2) is 43.1 Å². The van der Waals surface area contributed by atoms with Gasteiger partial charge in [-0.25, -0.2) is 4.68 Å². The van der Waals surface area contributed by atoms with Gasteiger partial charge in [-0.2, -0.15) is 8.42 Å². The molecule has 5 N–H and O–H groups in total. The number of rotatable bonds is 7. The summed E-state index contributed by atoms with van der Waals surface area (Å²) in [7, 11) is -4.27. The minimum Gasteiger partial charge on any atom is -0.506 e. The first-order valence-corrected chi connectivity index (χ1v) is 12.0. The second-order valence-electron chi connectivity index (χ2n) is 8.14. The van der Waals surface area contributed by atoms with Gasteiger partial charge in [-0.05, 0) is 43.0 Å². The van der Waals surface area contributed by atoms with Crippen LogP contribution in [0.15, 0.2) is 56.6 Å². The molecule has 34 heavy (non-hydrogen) atoms. The minimum atomic E-state index is -4.27. The highest BCUT2D eigenvalue weighted by Gasteiger charge is 2.31. The molecule has 0 spiro atoms. The Morgan fingerprint density at radius 1 is 1.26 bits per heavy atom. The third-order valence-electron chi connectivity index (χ3n) is 5.60. The molecule has 2 heterocycles. The van der Waals surface area contributed by atoms with E-state index in [-0.39, 0.29) is 33.5 Å². The molecular weight excluding hydrogens is 462 g/mol. The molecule has 12 heteroatoms. The summed E-state index contributed by atoms with van der Waals surface area (Å²) in [5, 5.41) is 14.2. The van der Waals surface area contributed by atoms with Crippen molar-refractivity contribution in [2.75, 3.05) is 23.9 Å². The van der Waals surface area contributed by atoms with Gasteiger partial charge >= 0.3 is 0 Å². The summed E-state index contributed by atoms with van der Waals surface area (Å²) < 4.78 is 36.2. The number of ether oxygens (including phenoxy) is 1. The topological polar surface area (TPSA) is 165 Å². The zero-order valence-electron chi connectivity index (χ0n) is 17.8. The summed E-state index contributed by atoms with van der Waals surface area (Å²) in [6, 6.07) is 10.8. The van der Waals surface area contributed by atoms with Crippen molar-refractivity contribution in [3.05, 3.63) is 58.4 Å². The van der Waals surface area contributed by atoms with E-state index in [4.69, 9.17) is 10.5 Å². The smallest absolute Gasteiger partial charge is 0.286 e. The molecule has 1 aromatic heterocycles. The zero-order valence-corrected chi connectivity index (χ0v) is 18.6. The van der Waals surface area contributed by atoms with Crippen molar-refractivity contribution >= 4 is 38.4 Å². The number of pyridine rings is 1. The van der Waals surface area contributed by atoms with Gasteiger partial charge in [0.15, 0.2) is 12.4 Å². The second kappa shape index (κ2) is 8.06. The van der Waals surface area contributed by atoms with Crippen molar-refractivity contribution in [1.29, 1.82) is 0 Å². The standard InChI is InChI=1S/C22H21N5O6S/c23-18(28)11-33-13-7-8-15-17(9-13)34(31,32)26-21(25-15)19-20(29)14-3-1-2-4-16(14)27(22(19)30)24-10-12-5-6-12/h1-4,7-9,12,24,29H,5-6,10-11H2,(H2,23,28)(H,25,26). The molecule has 5 rings (SSSR count). The third-order valence-corrected chi connectivity index (χ3v) is 6.92. The number of nitrogens with one attached hydrogen (secondary N) is 2. The number of aromatic nitrogens is 1. The van der Waals surface area contributed by atoms with Crippen molar-refractivity contribution < 1.29 is 23.1 Å². The lowest BCUT2D eigenvalue weighted by molar-refractivity contribution is -0.119. The van der Waals surface area contributed by atoms with Gasteiger partial charge in [0.25, 0.3) is 21.5 Å². The van der Waals surface area contributed by atoms with Crippen LogP contribution in [0.3, 0.4) is 0 Å². The molecule has 176 valence electrons. The van der Waals surface area contributed by atoms with Crippen LogP contribution >= 0.6 is 0 Å². The average molecular weight is 484 g/mol. The van der Waals surface area contributed by atoms with E-state index >= 15 is 0 Å². The summed E-state index contributed by atoms with van der Waals surface area (Å²) in [4.78, 5) is 24.2. The lowest BCUT2D eigenvalue weighted by Gasteiger charge is -2.21. The summed E-state index contributed by atoms with van der Waals surface area (Å²) in [5.41, 5.74) is 7.85. The fraction of sp³-hybridized carbons (Fsp3) is 0.227. The fourth-order valence-corrected chi connectivity index (χ4v) is 4.87. The average Bonchev–Trinajstić information content (AvgIpc) is 3.62. The lowest BCUT2D eigenvalue weighted by Crippen LogP contribution is -2.37. The van der Waals surface area contributed by atoms with Gasteiger partial charge in [-0.15, -0.1) is 4.40 Å². The van der Waals surface area contributed by atoms with E-state index in [1.54, 1.807) is 24.3 Å². The largest absolute Gasteiger partial charge is 0.506 e. The molecule has 11 nitrogen and oxygen atoms in total. The van der Waals surface area contributed by atoms with E-state index in [1.807, 2.05) is 0 Å². The zero-order chi connectivity index (χ0) is 24.0. The maximum Gasteiger partial charge on any atom is 0.286 e. The van der Waals surface area contributed by atoms with Crippen LogP contribution in [0.4, 0.5) is 5.69 Å². The molecule has 0 saturated heterocycles. The number of nitrogens with zero attached hydrogens (tertiary/aromatic N) is 2. The van der Waals surface area contributed by atoms with Crippen molar-refractivity contribution in [3.8, 4) is 11.5 Å². The van der Waals surface area contributed by atoms with Gasteiger partial charge in [0, 0.05) is 18.0 Å². The molecule has 1 aliphatic heterocycles. The molecule has 0 unspecified atom stereocenters. The van der Waals surface area contributed by atoms with Gasteiger partial charge in [0.05, 0.1) is 11.2 Å². The second-order valence-corrected chi connectivity index (χ2v) is 9.71. The van der Waals surface area contributed by atoms with Crippen LogP contribution in [0, 0.1) is 5.92 Å². The molecule has 0 atom stereocenters. The molecule has 0 bridgehead atoms. The van der Waals surface area contributed by atoms with Crippen molar-refractivity contribution in [2.45, 2.75) is 17.7 Å². The molecule has 1 amide bonds. The molecule has 2 aromatic carbocycles. The monoisotopic (exact) mass is 483 g/mol. The Balaban J connectivity index is 1.61. The van der Waals surface area contributed by atoms with Gasteiger partial charge < -0.3 is 26.3 Å². The number of amides is 1. The molecule has 1 saturated carbocycles. The first-order valence-electron chi connectivity index (χ1n) is 10.5. The molecular formula is C22H21N5O6S. The highest BCUT2D eigenvalue weighted by Crippen LogP contribution is 2.34. The number of hydrogen-bond donors (Lipinski definition) is 4. The van der Waals surface area contributed by atoms with E-state index in [2.05, 4.69) is 15.1 Å². The quantitative estimate of drug-likeness (QED) is 0.388. The highest BCUT2D eigenvalue weighted by molar-refractivity contribution is 7.90. The van der Waals surface area contributed by atoms with E-state index in [1.165, 1.54) is 22.9 Å². The number of carbonyl (C=O) groups excluding carboxylic acids is 1. The number of hydrogen-bond acceptors (Lipinski definition) is 8. The van der Waals surface area contributed by atoms with Crippen molar-refractivity contribution in [2.24, 2.45) is 16.0 Å².